The Hall–Kier alpha value is -3.56. The van der Waals surface area contributed by atoms with E-state index in [1.54, 1.807) is 19.9 Å². The molecule has 0 aromatic heterocycles. The van der Waals surface area contributed by atoms with Gasteiger partial charge in [-0.15, -0.1) is 0 Å². The molecule has 2 amide bonds. The molecule has 10 heteroatoms. The second-order valence-electron chi connectivity index (χ2n) is 6.47. The number of amides is 2. The SMILES string of the molecule is CCC(=O)NCCO/N=C/c1cc(C(=O)NC)c(Nc2ccc(C)cc2F)c(F)c1F. The maximum absolute atomic E-state index is 14.8. The highest BCUT2D eigenvalue weighted by Gasteiger charge is 2.22. The first-order chi connectivity index (χ1) is 14.8. The average molecular weight is 436 g/mol. The number of aryl methyl sites for hydroxylation is 1. The summed E-state index contributed by atoms with van der Waals surface area (Å²) in [7, 11) is 1.32. The maximum Gasteiger partial charge on any atom is 0.253 e. The molecule has 0 saturated carbocycles. The van der Waals surface area contributed by atoms with Gasteiger partial charge in [-0.1, -0.05) is 18.1 Å². The number of carbonyl (C=O) groups excluding carboxylic acids is 2. The number of benzene rings is 2. The van der Waals surface area contributed by atoms with E-state index in [1.165, 1.54) is 19.2 Å². The first-order valence-corrected chi connectivity index (χ1v) is 9.47. The normalized spacial score (nSPS) is 10.8. The molecule has 2 aromatic rings. The van der Waals surface area contributed by atoms with Gasteiger partial charge in [-0.2, -0.15) is 0 Å². The first-order valence-electron chi connectivity index (χ1n) is 9.47. The number of nitrogens with one attached hydrogen (secondary N) is 3. The van der Waals surface area contributed by atoms with Crippen molar-refractivity contribution in [1.29, 1.82) is 0 Å². The van der Waals surface area contributed by atoms with Crippen molar-refractivity contribution in [3.63, 3.8) is 0 Å². The van der Waals surface area contributed by atoms with Crippen molar-refractivity contribution in [2.75, 3.05) is 25.5 Å². The number of nitrogens with zero attached hydrogens (tertiary/aromatic N) is 1. The van der Waals surface area contributed by atoms with E-state index in [0.29, 0.717) is 12.0 Å². The van der Waals surface area contributed by atoms with E-state index in [4.69, 9.17) is 4.84 Å². The minimum Gasteiger partial charge on any atom is -0.394 e. The van der Waals surface area contributed by atoms with Crippen LogP contribution in [0.4, 0.5) is 24.5 Å². The minimum atomic E-state index is -1.38. The summed E-state index contributed by atoms with van der Waals surface area (Å²) < 4.78 is 43.5. The zero-order chi connectivity index (χ0) is 23.0. The lowest BCUT2D eigenvalue weighted by molar-refractivity contribution is -0.121. The predicted molar refractivity (Wildman–Crippen MR) is 111 cm³/mol. The third-order valence-corrected chi connectivity index (χ3v) is 4.19. The molecule has 0 radical (unpaired) electrons. The van der Waals surface area contributed by atoms with Crippen molar-refractivity contribution in [2.45, 2.75) is 20.3 Å². The van der Waals surface area contributed by atoms with Crippen LogP contribution in [0, 0.1) is 24.4 Å². The summed E-state index contributed by atoms with van der Waals surface area (Å²) in [6, 6.07) is 5.23. The van der Waals surface area contributed by atoms with Gasteiger partial charge in [0.25, 0.3) is 5.91 Å². The van der Waals surface area contributed by atoms with Gasteiger partial charge in [0, 0.05) is 19.0 Å². The standard InChI is InChI=1S/C21H23F3N4O3/c1-4-17(29)26-7-8-31-27-11-13-10-14(21(30)25-3)20(19(24)18(13)23)28-16-6-5-12(2)9-15(16)22/h5-6,9-11,28H,4,7-8H2,1-3H3,(H,25,30)(H,26,29)/b27-11+. The highest BCUT2D eigenvalue weighted by Crippen LogP contribution is 2.30. The van der Waals surface area contributed by atoms with E-state index < -0.39 is 29.0 Å². The Balaban J connectivity index is 2.28. The van der Waals surface area contributed by atoms with Gasteiger partial charge in [0.2, 0.25) is 5.91 Å². The molecule has 0 spiro atoms. The minimum absolute atomic E-state index is 0.0149. The molecule has 0 saturated heterocycles. The van der Waals surface area contributed by atoms with Gasteiger partial charge in [-0.05, 0) is 30.7 Å². The summed E-state index contributed by atoms with van der Waals surface area (Å²) in [5.74, 6) is -4.24. The van der Waals surface area contributed by atoms with Gasteiger partial charge in [0.15, 0.2) is 11.6 Å². The zero-order valence-corrected chi connectivity index (χ0v) is 17.3. The van der Waals surface area contributed by atoms with E-state index in [-0.39, 0.29) is 35.9 Å². The van der Waals surface area contributed by atoms with Crippen molar-refractivity contribution >= 4 is 29.4 Å². The molecule has 0 aliphatic rings. The topological polar surface area (TPSA) is 91.8 Å². The Morgan fingerprint density at radius 3 is 2.55 bits per heavy atom. The molecule has 7 nitrogen and oxygen atoms in total. The van der Waals surface area contributed by atoms with Crippen LogP contribution in [-0.2, 0) is 9.63 Å². The molecule has 0 bridgehead atoms. The second kappa shape index (κ2) is 11.0. The largest absolute Gasteiger partial charge is 0.394 e. The van der Waals surface area contributed by atoms with Crippen molar-refractivity contribution in [2.24, 2.45) is 5.16 Å². The Morgan fingerprint density at radius 1 is 1.16 bits per heavy atom. The van der Waals surface area contributed by atoms with Gasteiger partial charge in [0.1, 0.15) is 12.4 Å². The molecular formula is C21H23F3N4O3. The molecule has 0 unspecified atom stereocenters. The molecule has 0 heterocycles. The Labute approximate surface area is 177 Å². The van der Waals surface area contributed by atoms with Crippen molar-refractivity contribution in [3.05, 3.63) is 58.4 Å². The van der Waals surface area contributed by atoms with Crippen LogP contribution in [0.2, 0.25) is 0 Å². The van der Waals surface area contributed by atoms with E-state index in [0.717, 1.165) is 12.3 Å². The van der Waals surface area contributed by atoms with Gasteiger partial charge in [-0.3, -0.25) is 9.59 Å². The van der Waals surface area contributed by atoms with E-state index in [2.05, 4.69) is 21.1 Å². The highest BCUT2D eigenvalue weighted by atomic mass is 19.2. The summed E-state index contributed by atoms with van der Waals surface area (Å²) in [5.41, 5.74) is -0.586. The fourth-order valence-corrected chi connectivity index (χ4v) is 2.54. The quantitative estimate of drug-likeness (QED) is 0.319. The summed E-state index contributed by atoms with van der Waals surface area (Å²) in [5, 5.41) is 10.9. The van der Waals surface area contributed by atoms with Crippen molar-refractivity contribution in [3.8, 4) is 0 Å². The Kier molecular flexibility index (Phi) is 8.42. The lowest BCUT2D eigenvalue weighted by Crippen LogP contribution is -2.25. The van der Waals surface area contributed by atoms with Crippen LogP contribution >= 0.6 is 0 Å². The summed E-state index contributed by atoms with van der Waals surface area (Å²) >= 11 is 0. The number of oxime groups is 1. The van der Waals surface area contributed by atoms with E-state index in [9.17, 15) is 22.8 Å². The number of carbonyl (C=O) groups is 2. The molecular weight excluding hydrogens is 413 g/mol. The van der Waals surface area contributed by atoms with Crippen molar-refractivity contribution in [1.82, 2.24) is 10.6 Å². The molecule has 3 N–H and O–H groups in total. The summed E-state index contributed by atoms with van der Waals surface area (Å²) in [4.78, 5) is 28.3. The maximum atomic E-state index is 14.8. The zero-order valence-electron chi connectivity index (χ0n) is 17.3. The molecule has 0 aliphatic heterocycles. The molecule has 0 fully saturated rings. The third-order valence-electron chi connectivity index (χ3n) is 4.19. The number of rotatable bonds is 9. The smallest absolute Gasteiger partial charge is 0.253 e. The summed E-state index contributed by atoms with van der Waals surface area (Å²) in [6.45, 7) is 3.58. The molecule has 0 atom stereocenters. The second-order valence-corrected chi connectivity index (χ2v) is 6.47. The lowest BCUT2D eigenvalue weighted by Gasteiger charge is -2.15. The molecule has 31 heavy (non-hydrogen) atoms. The van der Waals surface area contributed by atoms with E-state index in [1.807, 2.05) is 0 Å². The van der Waals surface area contributed by atoms with Crippen LogP contribution in [0.3, 0.4) is 0 Å². The van der Waals surface area contributed by atoms with Crippen LogP contribution in [-0.4, -0.2) is 38.2 Å². The Morgan fingerprint density at radius 2 is 1.90 bits per heavy atom. The summed E-state index contributed by atoms with van der Waals surface area (Å²) in [6.07, 6.45) is 1.23. The molecule has 2 aromatic carbocycles. The van der Waals surface area contributed by atoms with E-state index >= 15 is 0 Å². The molecule has 2 rings (SSSR count). The van der Waals surface area contributed by atoms with Gasteiger partial charge < -0.3 is 20.8 Å². The van der Waals surface area contributed by atoms with Crippen LogP contribution < -0.4 is 16.0 Å². The fraction of sp³-hybridized carbons (Fsp3) is 0.286. The highest BCUT2D eigenvalue weighted by molar-refractivity contribution is 6.02. The predicted octanol–water partition coefficient (Wildman–Crippen LogP) is 3.39. The number of hydrogen-bond donors (Lipinski definition) is 3. The Bertz CT molecular complexity index is 996. The van der Waals surface area contributed by atoms with Gasteiger partial charge in [-0.25, -0.2) is 13.2 Å². The number of halogens is 3. The number of hydrogen-bond acceptors (Lipinski definition) is 5. The fourth-order valence-electron chi connectivity index (χ4n) is 2.54. The monoisotopic (exact) mass is 436 g/mol. The lowest BCUT2D eigenvalue weighted by atomic mass is 10.1. The first kappa shape index (κ1) is 23.7. The van der Waals surface area contributed by atoms with Gasteiger partial charge >= 0.3 is 0 Å². The van der Waals surface area contributed by atoms with Crippen LogP contribution in [0.15, 0.2) is 29.4 Å². The van der Waals surface area contributed by atoms with Gasteiger partial charge in [0.05, 0.1) is 29.7 Å². The molecule has 166 valence electrons. The number of anilines is 2. The van der Waals surface area contributed by atoms with Crippen LogP contribution in [0.1, 0.15) is 34.8 Å². The van der Waals surface area contributed by atoms with Crippen molar-refractivity contribution < 1.29 is 27.6 Å². The third kappa shape index (κ3) is 6.21. The molecule has 0 aliphatic carbocycles. The van der Waals surface area contributed by atoms with Crippen LogP contribution in [0.25, 0.3) is 0 Å². The average Bonchev–Trinajstić information content (AvgIpc) is 2.75. The van der Waals surface area contributed by atoms with Crippen LogP contribution in [0.5, 0.6) is 0 Å².